The number of sulfonamides is 1. The molecule has 1 N–H and O–H groups in total. The number of methoxy groups -OCH3 is 1. The molecule has 124 valence electrons. The summed E-state index contributed by atoms with van der Waals surface area (Å²) < 4.78 is 35.6. The van der Waals surface area contributed by atoms with Gasteiger partial charge >= 0.3 is 0 Å². The average Bonchev–Trinajstić information content (AvgIpc) is 2.99. The van der Waals surface area contributed by atoms with E-state index >= 15 is 0 Å². The second-order valence-electron chi connectivity index (χ2n) is 4.49. The maximum Gasteiger partial charge on any atom is 0.247 e. The first-order chi connectivity index (χ1) is 10.8. The van der Waals surface area contributed by atoms with Crippen molar-refractivity contribution in [3.63, 3.8) is 0 Å². The largest absolute Gasteiger partial charge is 0.495 e. The van der Waals surface area contributed by atoms with E-state index in [1.54, 1.807) is 0 Å². The van der Waals surface area contributed by atoms with Crippen molar-refractivity contribution < 1.29 is 22.5 Å². The van der Waals surface area contributed by atoms with Gasteiger partial charge in [0.1, 0.15) is 16.9 Å². The first-order valence-electron chi connectivity index (χ1n) is 6.34. The van der Waals surface area contributed by atoms with Gasteiger partial charge in [0.2, 0.25) is 15.9 Å². The van der Waals surface area contributed by atoms with Crippen molar-refractivity contribution >= 4 is 33.3 Å². The number of carbonyl (C=O) groups is 1. The van der Waals surface area contributed by atoms with E-state index in [2.05, 4.69) is 15.0 Å². The molecule has 10 heteroatoms. The van der Waals surface area contributed by atoms with Crippen molar-refractivity contribution in [1.82, 2.24) is 9.46 Å². The van der Waals surface area contributed by atoms with Crippen molar-refractivity contribution in [2.45, 2.75) is 4.90 Å². The summed E-state index contributed by atoms with van der Waals surface area (Å²) in [6, 6.07) is 5.66. The molecule has 2 rings (SSSR count). The topological polar surface area (TPSA) is 102 Å². The Hall–Kier alpha value is -2.10. The Morgan fingerprint density at radius 2 is 2.17 bits per heavy atom. The van der Waals surface area contributed by atoms with Crippen molar-refractivity contribution in [1.29, 1.82) is 0 Å². The summed E-state index contributed by atoms with van der Waals surface area (Å²) in [4.78, 5) is 11.7. The molecule has 0 saturated carbocycles. The molecule has 0 aliphatic heterocycles. The van der Waals surface area contributed by atoms with Gasteiger partial charge in [0.05, 0.1) is 13.7 Å². The molecule has 0 aliphatic rings. The van der Waals surface area contributed by atoms with Crippen molar-refractivity contribution in [3.05, 3.63) is 35.6 Å². The van der Waals surface area contributed by atoms with Crippen molar-refractivity contribution in [3.8, 4) is 5.75 Å². The lowest BCUT2D eigenvalue weighted by Crippen LogP contribution is -2.35. The number of likely N-dealkylation sites (N-methyl/N-ethyl adjacent to an activating group) is 1. The molecular formula is C13H14ClN3O5S. The first kappa shape index (κ1) is 17.3. The zero-order valence-electron chi connectivity index (χ0n) is 12.3. The van der Waals surface area contributed by atoms with Gasteiger partial charge in [0.15, 0.2) is 5.82 Å². The number of benzene rings is 1. The second-order valence-corrected chi connectivity index (χ2v) is 6.94. The highest BCUT2D eigenvalue weighted by atomic mass is 35.5. The third-order valence-corrected chi connectivity index (χ3v) is 4.95. The van der Waals surface area contributed by atoms with Gasteiger partial charge in [-0.1, -0.05) is 16.8 Å². The standard InChI is InChI=1S/C13H14ClN3O5S/c1-17(8-13(18)15-12-5-6-22-16-12)23(19,20)11-7-9(14)3-4-10(11)21-2/h3-7H,8H2,1-2H3,(H,15,16,18). The van der Waals surface area contributed by atoms with Crippen molar-refractivity contribution in [2.75, 3.05) is 26.0 Å². The molecule has 1 heterocycles. The number of nitrogens with one attached hydrogen (secondary N) is 1. The second kappa shape index (κ2) is 6.99. The van der Waals surface area contributed by atoms with Gasteiger partial charge in [-0.05, 0) is 18.2 Å². The van der Waals surface area contributed by atoms with Crippen LogP contribution in [0.1, 0.15) is 0 Å². The van der Waals surface area contributed by atoms with Gasteiger partial charge < -0.3 is 14.6 Å². The first-order valence-corrected chi connectivity index (χ1v) is 8.16. The van der Waals surface area contributed by atoms with Crippen LogP contribution in [0.2, 0.25) is 5.02 Å². The lowest BCUT2D eigenvalue weighted by Gasteiger charge is -2.18. The zero-order chi connectivity index (χ0) is 17.0. The predicted octanol–water partition coefficient (Wildman–Crippen LogP) is 1.60. The summed E-state index contributed by atoms with van der Waals surface area (Å²) >= 11 is 5.85. The number of ether oxygens (including phenoxy) is 1. The SMILES string of the molecule is COc1ccc(Cl)cc1S(=O)(=O)N(C)CC(=O)Nc1ccon1. The molecule has 0 unspecified atom stereocenters. The maximum absolute atomic E-state index is 12.6. The van der Waals surface area contributed by atoms with E-state index in [4.69, 9.17) is 16.3 Å². The van der Waals surface area contributed by atoms with E-state index in [0.29, 0.717) is 0 Å². The van der Waals surface area contributed by atoms with Crippen LogP contribution >= 0.6 is 11.6 Å². The van der Waals surface area contributed by atoms with Crippen molar-refractivity contribution in [2.24, 2.45) is 0 Å². The third-order valence-electron chi connectivity index (χ3n) is 2.89. The average molecular weight is 360 g/mol. The van der Waals surface area contributed by atoms with E-state index in [-0.39, 0.29) is 21.5 Å². The molecule has 1 aromatic carbocycles. The van der Waals surface area contributed by atoms with Gasteiger partial charge in [-0.2, -0.15) is 4.31 Å². The highest BCUT2D eigenvalue weighted by molar-refractivity contribution is 7.89. The van der Waals surface area contributed by atoms with Crippen LogP contribution in [0.3, 0.4) is 0 Å². The molecule has 0 aliphatic carbocycles. The van der Waals surface area contributed by atoms with Crippen LogP contribution in [0.4, 0.5) is 5.82 Å². The number of halogens is 1. The molecule has 0 bridgehead atoms. The fourth-order valence-electron chi connectivity index (χ4n) is 1.77. The number of aromatic nitrogens is 1. The van der Waals surface area contributed by atoms with Gasteiger partial charge in [0, 0.05) is 18.1 Å². The van der Waals surface area contributed by atoms with E-state index in [1.807, 2.05) is 0 Å². The van der Waals surface area contributed by atoms with Crippen LogP contribution in [-0.2, 0) is 14.8 Å². The fourth-order valence-corrected chi connectivity index (χ4v) is 3.31. The Labute approximate surface area is 138 Å². The van der Waals surface area contributed by atoms with E-state index in [1.165, 1.54) is 44.7 Å². The van der Waals surface area contributed by atoms with Crippen LogP contribution in [0, 0.1) is 0 Å². The molecule has 0 saturated heterocycles. The number of nitrogens with zero attached hydrogens (tertiary/aromatic N) is 2. The quantitative estimate of drug-likeness (QED) is 0.840. The number of carbonyl (C=O) groups excluding carboxylic acids is 1. The van der Waals surface area contributed by atoms with E-state index < -0.39 is 22.5 Å². The van der Waals surface area contributed by atoms with E-state index in [0.717, 1.165) is 4.31 Å². The summed E-state index contributed by atoms with van der Waals surface area (Å²) in [6.45, 7) is -0.412. The number of anilines is 1. The van der Waals surface area contributed by atoms with Gasteiger partial charge in [-0.15, -0.1) is 0 Å². The smallest absolute Gasteiger partial charge is 0.247 e. The maximum atomic E-state index is 12.6. The van der Waals surface area contributed by atoms with Gasteiger partial charge in [-0.25, -0.2) is 8.42 Å². The highest BCUT2D eigenvalue weighted by Gasteiger charge is 2.27. The molecule has 1 aromatic heterocycles. The minimum Gasteiger partial charge on any atom is -0.495 e. The Kier molecular flexibility index (Phi) is 5.24. The minimum atomic E-state index is -3.96. The number of hydrogen-bond acceptors (Lipinski definition) is 6. The molecule has 0 spiro atoms. The zero-order valence-corrected chi connectivity index (χ0v) is 13.9. The molecule has 0 atom stereocenters. The summed E-state index contributed by atoms with van der Waals surface area (Å²) in [6.07, 6.45) is 1.28. The lowest BCUT2D eigenvalue weighted by molar-refractivity contribution is -0.116. The lowest BCUT2D eigenvalue weighted by atomic mass is 10.3. The van der Waals surface area contributed by atoms with E-state index in [9.17, 15) is 13.2 Å². The molecule has 23 heavy (non-hydrogen) atoms. The fraction of sp³-hybridized carbons (Fsp3) is 0.231. The minimum absolute atomic E-state index is 0.121. The van der Waals surface area contributed by atoms with Crippen LogP contribution in [0.25, 0.3) is 0 Å². The van der Waals surface area contributed by atoms with Crippen LogP contribution in [-0.4, -0.2) is 44.5 Å². The predicted molar refractivity (Wildman–Crippen MR) is 83.0 cm³/mol. The number of amides is 1. The van der Waals surface area contributed by atoms with Crippen LogP contribution < -0.4 is 10.1 Å². The Morgan fingerprint density at radius 3 is 2.78 bits per heavy atom. The summed E-state index contributed by atoms with van der Waals surface area (Å²) in [5.41, 5.74) is 0. The normalized spacial score (nSPS) is 11.5. The van der Waals surface area contributed by atoms with Gasteiger partial charge in [-0.3, -0.25) is 4.79 Å². The Bertz CT molecular complexity index is 792. The monoisotopic (exact) mass is 359 g/mol. The third kappa shape index (κ3) is 4.01. The van der Waals surface area contributed by atoms with Crippen LogP contribution in [0.15, 0.2) is 39.9 Å². The summed E-state index contributed by atoms with van der Waals surface area (Å²) in [5, 5.41) is 6.16. The summed E-state index contributed by atoms with van der Waals surface area (Å²) in [7, 11) is -1.34. The molecule has 1 amide bonds. The molecule has 0 radical (unpaired) electrons. The molecule has 8 nitrogen and oxygen atoms in total. The molecular weight excluding hydrogens is 346 g/mol. The highest BCUT2D eigenvalue weighted by Crippen LogP contribution is 2.29. The number of rotatable bonds is 6. The Morgan fingerprint density at radius 1 is 1.43 bits per heavy atom. The van der Waals surface area contributed by atoms with Crippen LogP contribution in [0.5, 0.6) is 5.75 Å². The molecule has 2 aromatic rings. The Balaban J connectivity index is 2.18. The number of hydrogen-bond donors (Lipinski definition) is 1. The summed E-state index contributed by atoms with van der Waals surface area (Å²) in [5.74, 6) is -0.231. The molecule has 0 fully saturated rings. The van der Waals surface area contributed by atoms with Gasteiger partial charge in [0.25, 0.3) is 0 Å².